The number of aromatic nitrogens is 2. The first-order valence-corrected chi connectivity index (χ1v) is 6.04. The van der Waals surface area contributed by atoms with Gasteiger partial charge in [0.05, 0.1) is 11.1 Å². The van der Waals surface area contributed by atoms with Crippen molar-refractivity contribution in [1.29, 1.82) is 0 Å². The van der Waals surface area contributed by atoms with E-state index < -0.39 is 5.97 Å². The quantitative estimate of drug-likeness (QED) is 0.889. The zero-order chi connectivity index (χ0) is 14.1. The van der Waals surface area contributed by atoms with Crippen LogP contribution in [-0.2, 0) is 13.1 Å². The van der Waals surface area contributed by atoms with Crippen molar-refractivity contribution >= 4 is 11.9 Å². The van der Waals surface area contributed by atoms with Crippen LogP contribution < -0.4 is 0 Å². The van der Waals surface area contributed by atoms with Crippen LogP contribution in [0.1, 0.15) is 31.8 Å². The highest BCUT2D eigenvalue weighted by Gasteiger charge is 2.25. The van der Waals surface area contributed by atoms with Gasteiger partial charge < -0.3 is 10.0 Å². The van der Waals surface area contributed by atoms with Crippen molar-refractivity contribution in [3.05, 3.63) is 59.2 Å². The van der Waals surface area contributed by atoms with E-state index >= 15 is 0 Å². The third-order valence-electron chi connectivity index (χ3n) is 3.27. The number of hydrogen-bond donors (Lipinski definition) is 1. The summed E-state index contributed by atoms with van der Waals surface area (Å²) in [5.74, 6) is -1.12. The average Bonchev–Trinajstić information content (AvgIpc) is 2.90. The first kappa shape index (κ1) is 12.3. The Bertz CT molecular complexity index is 685. The summed E-state index contributed by atoms with van der Waals surface area (Å²) < 4.78 is 0. The molecular weight excluding hydrogens is 258 g/mol. The van der Waals surface area contributed by atoms with Crippen molar-refractivity contribution in [2.75, 3.05) is 0 Å². The van der Waals surface area contributed by atoms with E-state index in [1.807, 2.05) is 0 Å². The topological polar surface area (TPSA) is 83.4 Å². The summed E-state index contributed by atoms with van der Waals surface area (Å²) in [7, 11) is 0. The zero-order valence-corrected chi connectivity index (χ0v) is 10.5. The van der Waals surface area contributed by atoms with Crippen LogP contribution in [0.5, 0.6) is 0 Å². The largest absolute Gasteiger partial charge is 0.478 e. The number of carboxylic acid groups (broad SMARTS) is 1. The van der Waals surface area contributed by atoms with Crippen LogP contribution in [0.4, 0.5) is 0 Å². The van der Waals surface area contributed by atoms with Crippen LogP contribution in [0.15, 0.2) is 36.9 Å². The first-order chi connectivity index (χ1) is 9.65. The van der Waals surface area contributed by atoms with Crippen molar-refractivity contribution in [2.45, 2.75) is 13.1 Å². The summed E-state index contributed by atoms with van der Waals surface area (Å²) in [6, 6.07) is 4.93. The Labute approximate surface area is 114 Å². The highest BCUT2D eigenvalue weighted by molar-refractivity contribution is 5.94. The zero-order valence-electron chi connectivity index (χ0n) is 10.5. The van der Waals surface area contributed by atoms with E-state index in [0.29, 0.717) is 18.7 Å². The number of nitrogens with zero attached hydrogens (tertiary/aromatic N) is 3. The van der Waals surface area contributed by atoms with E-state index in [1.54, 1.807) is 23.1 Å². The predicted octanol–water partition coefficient (Wildman–Crippen LogP) is 1.33. The van der Waals surface area contributed by atoms with Gasteiger partial charge in [-0.25, -0.2) is 14.8 Å². The lowest BCUT2D eigenvalue weighted by Crippen LogP contribution is -2.25. The minimum absolute atomic E-state index is 0.154. The molecule has 0 fully saturated rings. The molecule has 2 aromatic rings. The number of hydrogen-bond acceptors (Lipinski definition) is 4. The molecule has 2 heterocycles. The Morgan fingerprint density at radius 1 is 1.05 bits per heavy atom. The second kappa shape index (κ2) is 4.73. The van der Waals surface area contributed by atoms with Crippen LogP contribution in [0.3, 0.4) is 0 Å². The van der Waals surface area contributed by atoms with Crippen LogP contribution in [0.25, 0.3) is 0 Å². The molecule has 0 spiro atoms. The Kier molecular flexibility index (Phi) is 2.90. The van der Waals surface area contributed by atoms with Crippen LogP contribution >= 0.6 is 0 Å². The van der Waals surface area contributed by atoms with Crippen molar-refractivity contribution in [3.63, 3.8) is 0 Å². The summed E-state index contributed by atoms with van der Waals surface area (Å²) in [5.41, 5.74) is 2.51. The Balaban J connectivity index is 1.84. The number of amides is 1. The third kappa shape index (κ3) is 2.11. The number of carbonyl (C=O) groups excluding carboxylic acids is 1. The fraction of sp³-hybridized carbons (Fsp3) is 0.143. The summed E-state index contributed by atoms with van der Waals surface area (Å²) in [6.07, 6.45) is 4.32. The molecule has 3 rings (SSSR count). The first-order valence-electron chi connectivity index (χ1n) is 6.04. The number of aromatic carboxylic acids is 1. The monoisotopic (exact) mass is 269 g/mol. The Morgan fingerprint density at radius 3 is 2.45 bits per heavy atom. The van der Waals surface area contributed by atoms with Gasteiger partial charge in [-0.1, -0.05) is 6.07 Å². The van der Waals surface area contributed by atoms with Crippen LogP contribution in [-0.4, -0.2) is 31.9 Å². The molecule has 100 valence electrons. The molecule has 1 aromatic heterocycles. The fourth-order valence-electron chi connectivity index (χ4n) is 2.26. The lowest BCUT2D eigenvalue weighted by Gasteiger charge is -2.14. The van der Waals surface area contributed by atoms with Gasteiger partial charge in [0.2, 0.25) is 0 Å². The number of benzene rings is 1. The minimum Gasteiger partial charge on any atom is -0.478 e. The van der Waals surface area contributed by atoms with Gasteiger partial charge in [-0.15, -0.1) is 0 Å². The van der Waals surface area contributed by atoms with Crippen molar-refractivity contribution in [2.24, 2.45) is 0 Å². The molecule has 0 bridgehead atoms. The lowest BCUT2D eigenvalue weighted by atomic mass is 10.1. The smallest absolute Gasteiger partial charge is 0.335 e. The van der Waals surface area contributed by atoms with E-state index in [1.165, 1.54) is 18.7 Å². The lowest BCUT2D eigenvalue weighted by molar-refractivity contribution is 0.0696. The normalized spacial score (nSPS) is 13.1. The SMILES string of the molecule is O=C(O)c1ccc2c(c1)CN(C(=O)c1cncnc1)C2. The van der Waals surface area contributed by atoms with Gasteiger partial charge in [-0.2, -0.15) is 0 Å². The third-order valence-corrected chi connectivity index (χ3v) is 3.27. The second-order valence-corrected chi connectivity index (χ2v) is 4.58. The Morgan fingerprint density at radius 2 is 1.75 bits per heavy atom. The molecule has 1 amide bonds. The molecular formula is C14H11N3O3. The molecule has 1 aromatic carbocycles. The van der Waals surface area contributed by atoms with Gasteiger partial charge in [0, 0.05) is 25.5 Å². The van der Waals surface area contributed by atoms with Crippen LogP contribution in [0, 0.1) is 0 Å². The van der Waals surface area contributed by atoms with Crippen molar-refractivity contribution in [1.82, 2.24) is 14.9 Å². The van der Waals surface area contributed by atoms with Crippen LogP contribution in [0.2, 0.25) is 0 Å². The summed E-state index contributed by atoms with van der Waals surface area (Å²) in [6.45, 7) is 0.882. The predicted molar refractivity (Wildman–Crippen MR) is 69.0 cm³/mol. The molecule has 1 aliphatic heterocycles. The number of carbonyl (C=O) groups is 2. The summed E-state index contributed by atoms with van der Waals surface area (Å²) >= 11 is 0. The molecule has 1 aliphatic rings. The van der Waals surface area contributed by atoms with Crippen molar-refractivity contribution < 1.29 is 14.7 Å². The highest BCUT2D eigenvalue weighted by atomic mass is 16.4. The molecule has 0 atom stereocenters. The number of fused-ring (bicyclic) bond motifs is 1. The molecule has 0 unspecified atom stereocenters. The summed E-state index contributed by atoms with van der Waals surface area (Å²) in [5, 5.41) is 8.97. The molecule has 0 saturated heterocycles. The molecule has 0 aliphatic carbocycles. The highest BCUT2D eigenvalue weighted by Crippen LogP contribution is 2.25. The maximum atomic E-state index is 12.3. The van der Waals surface area contributed by atoms with E-state index in [-0.39, 0.29) is 11.5 Å². The van der Waals surface area contributed by atoms with E-state index in [4.69, 9.17) is 5.11 Å². The van der Waals surface area contributed by atoms with Gasteiger partial charge in [0.1, 0.15) is 6.33 Å². The molecule has 6 heteroatoms. The van der Waals surface area contributed by atoms with E-state index in [9.17, 15) is 9.59 Å². The van der Waals surface area contributed by atoms with Crippen molar-refractivity contribution in [3.8, 4) is 0 Å². The number of carboxylic acids is 1. The van der Waals surface area contributed by atoms with Gasteiger partial charge in [0.25, 0.3) is 5.91 Å². The molecule has 0 radical (unpaired) electrons. The Hall–Kier alpha value is -2.76. The van der Waals surface area contributed by atoms with Gasteiger partial charge in [-0.3, -0.25) is 4.79 Å². The average molecular weight is 269 g/mol. The molecule has 20 heavy (non-hydrogen) atoms. The summed E-state index contributed by atoms with van der Waals surface area (Å²) in [4.78, 5) is 32.5. The standard InChI is InChI=1S/C14H11N3O3/c18-13(12-4-15-8-16-5-12)17-6-10-2-1-9(14(19)20)3-11(10)7-17/h1-5,8H,6-7H2,(H,19,20). The van der Waals surface area contributed by atoms with Gasteiger partial charge in [0.15, 0.2) is 0 Å². The molecule has 1 N–H and O–H groups in total. The van der Waals surface area contributed by atoms with Gasteiger partial charge >= 0.3 is 5.97 Å². The second-order valence-electron chi connectivity index (χ2n) is 4.58. The maximum Gasteiger partial charge on any atom is 0.335 e. The fourth-order valence-corrected chi connectivity index (χ4v) is 2.26. The maximum absolute atomic E-state index is 12.3. The van der Waals surface area contributed by atoms with E-state index in [2.05, 4.69) is 9.97 Å². The molecule has 6 nitrogen and oxygen atoms in total. The van der Waals surface area contributed by atoms with Gasteiger partial charge in [-0.05, 0) is 23.3 Å². The van der Waals surface area contributed by atoms with E-state index in [0.717, 1.165) is 11.1 Å². The minimum atomic E-state index is -0.964. The number of rotatable bonds is 2. The molecule has 0 saturated carbocycles.